The smallest absolute Gasteiger partial charge is 0.132 e. The van der Waals surface area contributed by atoms with Gasteiger partial charge in [-0.3, -0.25) is 0 Å². The van der Waals surface area contributed by atoms with Gasteiger partial charge in [0.2, 0.25) is 0 Å². The SMILES string of the molecule is Fc1ccccc1-c1nc2c(nc1-c1ccccc1F)C2=CCc1ccc2nc(-c3ccccc3)c(-c3ccccc3)nc2c1. The van der Waals surface area contributed by atoms with Gasteiger partial charge in [0.05, 0.1) is 33.8 Å². The highest BCUT2D eigenvalue weighted by Gasteiger charge is 2.33. The Morgan fingerprint density at radius 1 is 0.444 bits per heavy atom. The minimum absolute atomic E-state index is 0.287. The highest BCUT2D eigenvalue weighted by Crippen LogP contribution is 2.44. The summed E-state index contributed by atoms with van der Waals surface area (Å²) in [6.45, 7) is 0. The van der Waals surface area contributed by atoms with Gasteiger partial charge in [0.15, 0.2) is 0 Å². The molecule has 0 N–H and O–H groups in total. The molecule has 6 heteroatoms. The molecule has 1 aliphatic carbocycles. The molecule has 7 aromatic rings. The van der Waals surface area contributed by atoms with Gasteiger partial charge in [0.1, 0.15) is 23.0 Å². The number of fused-ring (bicyclic) bond motifs is 2. The molecule has 0 bridgehead atoms. The largest absolute Gasteiger partial charge is 0.244 e. The van der Waals surface area contributed by atoms with Crippen molar-refractivity contribution < 1.29 is 8.78 Å². The molecule has 8 rings (SSSR count). The van der Waals surface area contributed by atoms with E-state index in [4.69, 9.17) is 19.9 Å². The average Bonchev–Trinajstić information content (AvgIpc) is 3.78. The van der Waals surface area contributed by atoms with Crippen LogP contribution in [0.1, 0.15) is 17.0 Å². The fourth-order valence-electron chi connectivity index (χ4n) is 5.65. The van der Waals surface area contributed by atoms with Crippen molar-refractivity contribution in [2.24, 2.45) is 0 Å². The number of hydrogen-bond acceptors (Lipinski definition) is 4. The highest BCUT2D eigenvalue weighted by molar-refractivity contribution is 5.98. The summed E-state index contributed by atoms with van der Waals surface area (Å²) in [7, 11) is 0. The van der Waals surface area contributed by atoms with Crippen LogP contribution in [-0.4, -0.2) is 19.9 Å². The van der Waals surface area contributed by atoms with Gasteiger partial charge in [-0.15, -0.1) is 0 Å². The molecule has 214 valence electrons. The second kappa shape index (κ2) is 11.0. The van der Waals surface area contributed by atoms with E-state index in [0.29, 0.717) is 29.2 Å². The summed E-state index contributed by atoms with van der Waals surface area (Å²) in [5.74, 6) is -0.865. The number of nitrogens with zero attached hydrogens (tertiary/aromatic N) is 4. The van der Waals surface area contributed by atoms with Crippen LogP contribution < -0.4 is 0 Å². The van der Waals surface area contributed by atoms with Gasteiger partial charge in [0.25, 0.3) is 0 Å². The Balaban J connectivity index is 1.16. The first-order valence-electron chi connectivity index (χ1n) is 14.7. The second-order valence-electron chi connectivity index (χ2n) is 10.9. The van der Waals surface area contributed by atoms with E-state index in [2.05, 4.69) is 18.2 Å². The van der Waals surface area contributed by atoms with Crippen molar-refractivity contribution >= 4 is 16.6 Å². The fraction of sp³-hybridized carbons (Fsp3) is 0.0256. The van der Waals surface area contributed by atoms with Gasteiger partial charge in [0, 0.05) is 27.8 Å². The number of halogens is 2. The molecule has 0 atom stereocenters. The Bertz CT molecular complexity index is 2190. The van der Waals surface area contributed by atoms with E-state index in [0.717, 1.165) is 44.7 Å². The lowest BCUT2D eigenvalue weighted by molar-refractivity contribution is 0.628. The van der Waals surface area contributed by atoms with Crippen LogP contribution in [0.4, 0.5) is 8.78 Å². The van der Waals surface area contributed by atoms with E-state index in [9.17, 15) is 8.78 Å². The van der Waals surface area contributed by atoms with Crippen molar-refractivity contribution in [1.29, 1.82) is 0 Å². The van der Waals surface area contributed by atoms with Gasteiger partial charge in [-0.1, -0.05) is 97.1 Å². The molecule has 0 saturated carbocycles. The van der Waals surface area contributed by atoms with Crippen LogP contribution in [0.5, 0.6) is 0 Å². The molecular formula is C39H24F2N4. The normalized spacial score (nSPS) is 11.8. The van der Waals surface area contributed by atoms with Crippen molar-refractivity contribution in [2.75, 3.05) is 0 Å². The molecule has 0 fully saturated rings. The van der Waals surface area contributed by atoms with Crippen LogP contribution in [0.3, 0.4) is 0 Å². The summed E-state index contributed by atoms with van der Waals surface area (Å²) in [4.78, 5) is 19.7. The summed E-state index contributed by atoms with van der Waals surface area (Å²) in [5.41, 5.74) is 9.85. The maximum atomic E-state index is 14.9. The molecule has 4 nitrogen and oxygen atoms in total. The van der Waals surface area contributed by atoms with Crippen LogP contribution in [-0.2, 0) is 6.42 Å². The first kappa shape index (κ1) is 26.7. The van der Waals surface area contributed by atoms with Crippen LogP contribution in [0.25, 0.3) is 61.6 Å². The molecule has 0 amide bonds. The second-order valence-corrected chi connectivity index (χ2v) is 10.9. The topological polar surface area (TPSA) is 51.6 Å². The lowest BCUT2D eigenvalue weighted by atomic mass is 10.0. The summed E-state index contributed by atoms with van der Waals surface area (Å²) >= 11 is 0. The number of hydrogen-bond donors (Lipinski definition) is 0. The van der Waals surface area contributed by atoms with E-state index >= 15 is 0 Å². The minimum Gasteiger partial charge on any atom is -0.244 e. The summed E-state index contributed by atoms with van der Waals surface area (Å²) in [6.07, 6.45) is 2.67. The van der Waals surface area contributed by atoms with Crippen molar-refractivity contribution in [2.45, 2.75) is 6.42 Å². The molecule has 0 spiro atoms. The summed E-state index contributed by atoms with van der Waals surface area (Å²) < 4.78 is 29.8. The molecule has 2 aromatic heterocycles. The average molecular weight is 587 g/mol. The molecule has 5 aromatic carbocycles. The number of aromatic nitrogens is 4. The van der Waals surface area contributed by atoms with Gasteiger partial charge in [-0.2, -0.15) is 0 Å². The molecule has 2 heterocycles. The Morgan fingerprint density at radius 2 is 0.933 bits per heavy atom. The Morgan fingerprint density at radius 3 is 1.47 bits per heavy atom. The van der Waals surface area contributed by atoms with Crippen LogP contribution in [0.2, 0.25) is 0 Å². The molecule has 0 saturated heterocycles. The molecule has 0 radical (unpaired) electrons. The highest BCUT2D eigenvalue weighted by atomic mass is 19.1. The predicted octanol–water partition coefficient (Wildman–Crippen LogP) is 9.35. The zero-order chi connectivity index (χ0) is 30.3. The predicted molar refractivity (Wildman–Crippen MR) is 174 cm³/mol. The quantitative estimate of drug-likeness (QED) is 0.195. The van der Waals surface area contributed by atoms with Gasteiger partial charge in [-0.05, 0) is 48.4 Å². The Kier molecular flexibility index (Phi) is 6.53. The standard InChI is InChI=1S/C39H24F2N4/c40-30-17-9-7-15-27(30)36-37(28-16-8-10-18-31(28)41)45-39-29(38(39)44-36)21-19-24-20-22-32-33(23-24)43-35(26-13-5-2-6-14-26)34(42-32)25-11-3-1-4-12-25/h1-18,20-23H,19H2. The van der Waals surface area contributed by atoms with E-state index in [1.807, 2.05) is 66.7 Å². The van der Waals surface area contributed by atoms with Crippen LogP contribution >= 0.6 is 0 Å². The van der Waals surface area contributed by atoms with Crippen molar-refractivity contribution in [3.05, 3.63) is 162 Å². The lowest BCUT2D eigenvalue weighted by Gasteiger charge is -2.11. The number of benzene rings is 5. The fourth-order valence-corrected chi connectivity index (χ4v) is 5.65. The van der Waals surface area contributed by atoms with Crippen molar-refractivity contribution in [3.63, 3.8) is 0 Å². The minimum atomic E-state index is -0.432. The summed E-state index contributed by atoms with van der Waals surface area (Å²) in [6, 6.07) is 39.1. The third kappa shape index (κ3) is 4.96. The Hall–Kier alpha value is -5.88. The summed E-state index contributed by atoms with van der Waals surface area (Å²) in [5, 5.41) is 0. The van der Waals surface area contributed by atoms with E-state index < -0.39 is 11.6 Å². The zero-order valence-corrected chi connectivity index (χ0v) is 24.0. The van der Waals surface area contributed by atoms with Gasteiger partial charge >= 0.3 is 0 Å². The first-order valence-corrected chi connectivity index (χ1v) is 14.7. The zero-order valence-electron chi connectivity index (χ0n) is 24.0. The van der Waals surface area contributed by atoms with Gasteiger partial charge < -0.3 is 0 Å². The third-order valence-corrected chi connectivity index (χ3v) is 7.97. The van der Waals surface area contributed by atoms with E-state index in [1.165, 1.54) is 12.1 Å². The van der Waals surface area contributed by atoms with E-state index in [1.54, 1.807) is 36.4 Å². The van der Waals surface area contributed by atoms with Crippen LogP contribution in [0, 0.1) is 11.6 Å². The first-order chi connectivity index (χ1) is 22.1. The number of allylic oxidation sites excluding steroid dienone is 1. The van der Waals surface area contributed by atoms with Crippen molar-refractivity contribution in [3.8, 4) is 45.0 Å². The molecule has 1 aliphatic rings. The monoisotopic (exact) mass is 586 g/mol. The molecule has 0 aliphatic heterocycles. The molecule has 45 heavy (non-hydrogen) atoms. The van der Waals surface area contributed by atoms with E-state index in [-0.39, 0.29) is 11.1 Å². The maximum absolute atomic E-state index is 14.9. The van der Waals surface area contributed by atoms with Crippen molar-refractivity contribution in [1.82, 2.24) is 19.9 Å². The maximum Gasteiger partial charge on any atom is 0.132 e. The van der Waals surface area contributed by atoms with Gasteiger partial charge in [-0.25, -0.2) is 28.7 Å². The Labute approximate surface area is 258 Å². The number of rotatable bonds is 6. The van der Waals surface area contributed by atoms with Crippen LogP contribution in [0.15, 0.2) is 133 Å². The lowest BCUT2D eigenvalue weighted by Crippen LogP contribution is -1.96. The third-order valence-electron chi connectivity index (χ3n) is 7.97. The molecular weight excluding hydrogens is 562 g/mol. The molecule has 0 unspecified atom stereocenters.